The topological polar surface area (TPSA) is 99.3 Å². The lowest BCUT2D eigenvalue weighted by Gasteiger charge is -2.21. The number of H-pyrrole nitrogens is 1. The second kappa shape index (κ2) is 7.06. The monoisotopic (exact) mass is 381 g/mol. The van der Waals surface area contributed by atoms with Crippen LogP contribution in [0.3, 0.4) is 0 Å². The average molecular weight is 381 g/mol. The molecular formula is C17H20FN3O4S. The molecule has 0 unspecified atom stereocenters. The van der Waals surface area contributed by atoms with Gasteiger partial charge in [-0.25, -0.2) is 12.8 Å². The van der Waals surface area contributed by atoms with Crippen molar-refractivity contribution in [3.05, 3.63) is 35.8 Å². The molecule has 2 N–H and O–H groups in total. The van der Waals surface area contributed by atoms with Gasteiger partial charge in [0.05, 0.1) is 18.1 Å². The summed E-state index contributed by atoms with van der Waals surface area (Å²) in [6.45, 7) is 1.88. The predicted octanol–water partition coefficient (Wildman–Crippen LogP) is 1.07. The second-order valence-corrected chi connectivity index (χ2v) is 8.63. The Morgan fingerprint density at radius 1 is 1.35 bits per heavy atom. The van der Waals surface area contributed by atoms with E-state index in [0.717, 1.165) is 0 Å². The molecule has 2 heterocycles. The normalized spacial score (nSPS) is 18.8. The number of carbonyl (C=O) groups excluding carboxylic acids is 2. The van der Waals surface area contributed by atoms with Gasteiger partial charge >= 0.3 is 0 Å². The molecule has 0 spiro atoms. The maximum atomic E-state index is 13.3. The molecule has 2 amide bonds. The summed E-state index contributed by atoms with van der Waals surface area (Å²) in [5.74, 6) is -1.16. The van der Waals surface area contributed by atoms with E-state index in [-0.39, 0.29) is 29.7 Å². The zero-order chi connectivity index (χ0) is 18.9. The maximum absolute atomic E-state index is 13.3. The number of aromatic amines is 1. The SMILES string of the molecule is CCN(CC(=O)N[C@@H]1CCS(=O)(=O)C1)C(=O)c1cc2cc(F)ccc2[nH]1. The van der Waals surface area contributed by atoms with Gasteiger partial charge in [-0.1, -0.05) is 0 Å². The number of nitrogens with one attached hydrogen (secondary N) is 2. The van der Waals surface area contributed by atoms with Crippen molar-refractivity contribution in [2.45, 2.75) is 19.4 Å². The highest BCUT2D eigenvalue weighted by molar-refractivity contribution is 7.91. The van der Waals surface area contributed by atoms with Gasteiger partial charge < -0.3 is 15.2 Å². The molecule has 7 nitrogen and oxygen atoms in total. The Labute approximate surface area is 150 Å². The van der Waals surface area contributed by atoms with Crippen molar-refractivity contribution in [2.24, 2.45) is 0 Å². The van der Waals surface area contributed by atoms with Gasteiger partial charge in [0.15, 0.2) is 9.84 Å². The molecule has 140 valence electrons. The summed E-state index contributed by atoms with van der Waals surface area (Å²) in [6.07, 6.45) is 0.391. The third-order valence-electron chi connectivity index (χ3n) is 4.41. The number of fused-ring (bicyclic) bond motifs is 1. The Morgan fingerprint density at radius 3 is 2.77 bits per heavy atom. The molecule has 1 aliphatic rings. The van der Waals surface area contributed by atoms with Crippen molar-refractivity contribution in [1.29, 1.82) is 0 Å². The average Bonchev–Trinajstić information content (AvgIpc) is 3.14. The van der Waals surface area contributed by atoms with Crippen molar-refractivity contribution in [2.75, 3.05) is 24.6 Å². The molecule has 26 heavy (non-hydrogen) atoms. The van der Waals surface area contributed by atoms with Crippen LogP contribution in [-0.2, 0) is 14.6 Å². The molecule has 1 aliphatic heterocycles. The van der Waals surface area contributed by atoms with Gasteiger partial charge in [0.2, 0.25) is 5.91 Å². The quantitative estimate of drug-likeness (QED) is 0.809. The van der Waals surface area contributed by atoms with Crippen LogP contribution < -0.4 is 5.32 Å². The number of likely N-dealkylation sites (N-methyl/N-ethyl adjacent to an activating group) is 1. The number of nitrogens with zero attached hydrogens (tertiary/aromatic N) is 1. The minimum absolute atomic E-state index is 0.0631. The minimum Gasteiger partial charge on any atom is -0.351 e. The molecule has 3 rings (SSSR count). The highest BCUT2D eigenvalue weighted by Gasteiger charge is 2.29. The lowest BCUT2D eigenvalue weighted by molar-refractivity contribution is -0.122. The Morgan fingerprint density at radius 2 is 2.12 bits per heavy atom. The number of carbonyl (C=O) groups is 2. The largest absolute Gasteiger partial charge is 0.351 e. The maximum Gasteiger partial charge on any atom is 0.270 e. The van der Waals surface area contributed by atoms with Gasteiger partial charge in [-0.3, -0.25) is 9.59 Å². The Hall–Kier alpha value is -2.42. The number of hydrogen-bond donors (Lipinski definition) is 2. The fourth-order valence-electron chi connectivity index (χ4n) is 3.07. The van der Waals surface area contributed by atoms with E-state index in [1.807, 2.05) is 0 Å². The summed E-state index contributed by atoms with van der Waals surface area (Å²) in [5, 5.41) is 3.24. The van der Waals surface area contributed by atoms with Gasteiger partial charge in [-0.2, -0.15) is 0 Å². The first-order chi connectivity index (χ1) is 12.3. The van der Waals surface area contributed by atoms with Gasteiger partial charge in [0.1, 0.15) is 11.5 Å². The number of amides is 2. The van der Waals surface area contributed by atoms with E-state index in [1.165, 1.54) is 17.0 Å². The van der Waals surface area contributed by atoms with Crippen LogP contribution in [0.25, 0.3) is 10.9 Å². The van der Waals surface area contributed by atoms with Crippen LogP contribution in [0.4, 0.5) is 4.39 Å². The number of sulfone groups is 1. The smallest absolute Gasteiger partial charge is 0.270 e. The van der Waals surface area contributed by atoms with Crippen LogP contribution in [0.2, 0.25) is 0 Å². The van der Waals surface area contributed by atoms with Crippen LogP contribution in [0.15, 0.2) is 24.3 Å². The Kier molecular flexibility index (Phi) is 4.99. The van der Waals surface area contributed by atoms with E-state index in [0.29, 0.717) is 23.9 Å². The molecule has 1 aromatic heterocycles. The molecule has 0 bridgehead atoms. The molecule has 0 aliphatic carbocycles. The molecular weight excluding hydrogens is 361 g/mol. The summed E-state index contributed by atoms with van der Waals surface area (Å²) in [7, 11) is -3.08. The van der Waals surface area contributed by atoms with Crippen molar-refractivity contribution in [3.63, 3.8) is 0 Å². The molecule has 1 fully saturated rings. The number of rotatable bonds is 5. The highest BCUT2D eigenvalue weighted by atomic mass is 32.2. The fraction of sp³-hybridized carbons (Fsp3) is 0.412. The van der Waals surface area contributed by atoms with Crippen LogP contribution in [0.5, 0.6) is 0 Å². The van der Waals surface area contributed by atoms with Crippen molar-refractivity contribution < 1.29 is 22.4 Å². The van der Waals surface area contributed by atoms with E-state index in [2.05, 4.69) is 10.3 Å². The van der Waals surface area contributed by atoms with Crippen LogP contribution in [0, 0.1) is 5.82 Å². The Bertz CT molecular complexity index is 954. The first-order valence-electron chi connectivity index (χ1n) is 8.35. The Balaban J connectivity index is 1.67. The lowest BCUT2D eigenvalue weighted by Crippen LogP contribution is -2.44. The van der Waals surface area contributed by atoms with Gasteiger partial charge in [-0.15, -0.1) is 0 Å². The molecule has 1 atom stereocenters. The standard InChI is InChI=1S/C17H20FN3O4S/c1-2-21(9-16(22)19-13-5-6-26(24,25)10-13)17(23)15-8-11-7-12(18)3-4-14(11)20-15/h3-4,7-8,13,20H,2,5-6,9-10H2,1H3,(H,19,22)/t13-/m1/s1. The fourth-order valence-corrected chi connectivity index (χ4v) is 4.75. The van der Waals surface area contributed by atoms with E-state index in [1.54, 1.807) is 19.1 Å². The summed E-state index contributed by atoms with van der Waals surface area (Å²) in [5.41, 5.74) is 0.898. The number of hydrogen-bond acceptors (Lipinski definition) is 4. The van der Waals surface area contributed by atoms with E-state index >= 15 is 0 Å². The van der Waals surface area contributed by atoms with Crippen molar-refractivity contribution >= 4 is 32.6 Å². The second-order valence-electron chi connectivity index (χ2n) is 6.40. The van der Waals surface area contributed by atoms with Gasteiger partial charge in [0, 0.05) is 23.5 Å². The molecule has 2 aromatic rings. The van der Waals surface area contributed by atoms with Crippen molar-refractivity contribution in [3.8, 4) is 0 Å². The molecule has 1 aromatic carbocycles. The molecule has 0 radical (unpaired) electrons. The predicted molar refractivity (Wildman–Crippen MR) is 95.0 cm³/mol. The highest BCUT2D eigenvalue weighted by Crippen LogP contribution is 2.18. The van der Waals surface area contributed by atoms with E-state index in [4.69, 9.17) is 0 Å². The van der Waals surface area contributed by atoms with Crippen LogP contribution in [0.1, 0.15) is 23.8 Å². The van der Waals surface area contributed by atoms with Crippen LogP contribution in [-0.4, -0.2) is 60.8 Å². The first kappa shape index (κ1) is 18.4. The summed E-state index contributed by atoms with van der Waals surface area (Å²) < 4.78 is 36.2. The van der Waals surface area contributed by atoms with Crippen LogP contribution >= 0.6 is 0 Å². The first-order valence-corrected chi connectivity index (χ1v) is 10.2. The zero-order valence-electron chi connectivity index (χ0n) is 14.3. The van der Waals surface area contributed by atoms with Gasteiger partial charge in [0.25, 0.3) is 5.91 Å². The van der Waals surface area contributed by atoms with Crippen molar-refractivity contribution in [1.82, 2.24) is 15.2 Å². The lowest BCUT2D eigenvalue weighted by atomic mass is 10.2. The molecule has 1 saturated heterocycles. The molecule has 9 heteroatoms. The number of halogens is 1. The minimum atomic E-state index is -3.08. The number of benzene rings is 1. The number of aromatic nitrogens is 1. The van der Waals surface area contributed by atoms with E-state index in [9.17, 15) is 22.4 Å². The van der Waals surface area contributed by atoms with Gasteiger partial charge in [-0.05, 0) is 37.6 Å². The zero-order valence-corrected chi connectivity index (χ0v) is 15.1. The summed E-state index contributed by atoms with van der Waals surface area (Å²) in [6, 6.07) is 5.31. The summed E-state index contributed by atoms with van der Waals surface area (Å²) >= 11 is 0. The van der Waals surface area contributed by atoms with E-state index < -0.39 is 27.6 Å². The third-order valence-corrected chi connectivity index (χ3v) is 6.18. The summed E-state index contributed by atoms with van der Waals surface area (Å²) in [4.78, 5) is 29.1. The molecule has 0 saturated carbocycles. The third kappa shape index (κ3) is 4.04.